The van der Waals surface area contributed by atoms with E-state index in [-0.39, 0.29) is 0 Å². The topological polar surface area (TPSA) is 42.4 Å². The lowest BCUT2D eigenvalue weighted by atomic mass is 10.2. The molecule has 1 aromatic heterocycles. The van der Waals surface area contributed by atoms with Crippen molar-refractivity contribution < 1.29 is 9.84 Å². The van der Waals surface area contributed by atoms with Crippen LogP contribution in [0.15, 0.2) is 24.4 Å². The fraction of sp³-hybridized carbons (Fsp3) is 0.500. The van der Waals surface area contributed by atoms with E-state index < -0.39 is 5.60 Å². The Morgan fingerprint density at radius 3 is 2.77 bits per heavy atom. The minimum atomic E-state index is -0.769. The molecule has 1 rings (SSSR count). The summed E-state index contributed by atoms with van der Waals surface area (Å²) in [6.07, 6.45) is 1.72. The van der Waals surface area contributed by atoms with E-state index >= 15 is 0 Å². The summed E-state index contributed by atoms with van der Waals surface area (Å²) in [4.78, 5) is 4.09. The highest BCUT2D eigenvalue weighted by Gasteiger charge is 2.11. The SMILES string of the molecule is CC(C)(O)COCc1ccccn1. The van der Waals surface area contributed by atoms with Crippen LogP contribution in [-0.2, 0) is 11.3 Å². The van der Waals surface area contributed by atoms with Crippen LogP contribution in [0.3, 0.4) is 0 Å². The first-order chi connectivity index (χ1) is 6.08. The van der Waals surface area contributed by atoms with Crippen LogP contribution in [0.4, 0.5) is 0 Å². The van der Waals surface area contributed by atoms with E-state index in [1.54, 1.807) is 20.0 Å². The molecule has 13 heavy (non-hydrogen) atoms. The lowest BCUT2D eigenvalue weighted by Crippen LogP contribution is -2.25. The van der Waals surface area contributed by atoms with Crippen LogP contribution < -0.4 is 0 Å². The van der Waals surface area contributed by atoms with E-state index in [4.69, 9.17) is 4.74 Å². The number of pyridine rings is 1. The van der Waals surface area contributed by atoms with Gasteiger partial charge in [-0.15, -0.1) is 0 Å². The smallest absolute Gasteiger partial charge is 0.0889 e. The molecule has 0 atom stereocenters. The van der Waals surface area contributed by atoms with Gasteiger partial charge in [-0.3, -0.25) is 4.98 Å². The molecule has 0 amide bonds. The Balaban J connectivity index is 2.29. The van der Waals surface area contributed by atoms with E-state index in [0.29, 0.717) is 13.2 Å². The third-order valence-corrected chi connectivity index (χ3v) is 1.43. The normalized spacial score (nSPS) is 11.6. The molecule has 0 unspecified atom stereocenters. The van der Waals surface area contributed by atoms with Crippen molar-refractivity contribution in [1.29, 1.82) is 0 Å². The van der Waals surface area contributed by atoms with Crippen LogP contribution in [0.2, 0.25) is 0 Å². The van der Waals surface area contributed by atoms with E-state index in [9.17, 15) is 5.11 Å². The molecule has 0 saturated carbocycles. The summed E-state index contributed by atoms with van der Waals surface area (Å²) in [5, 5.41) is 9.35. The van der Waals surface area contributed by atoms with Gasteiger partial charge in [-0.25, -0.2) is 0 Å². The molecule has 1 heterocycles. The number of ether oxygens (including phenoxy) is 1. The van der Waals surface area contributed by atoms with Crippen LogP contribution in [-0.4, -0.2) is 22.3 Å². The number of hydrogen-bond donors (Lipinski definition) is 1. The molecule has 0 aliphatic rings. The van der Waals surface area contributed by atoms with Crippen LogP contribution in [0.5, 0.6) is 0 Å². The van der Waals surface area contributed by atoms with Crippen molar-refractivity contribution in [3.05, 3.63) is 30.1 Å². The lowest BCUT2D eigenvalue weighted by molar-refractivity contribution is -0.0276. The zero-order valence-electron chi connectivity index (χ0n) is 8.03. The maximum Gasteiger partial charge on any atom is 0.0889 e. The molecule has 0 radical (unpaired) electrons. The number of aromatic nitrogens is 1. The second-order valence-electron chi connectivity index (χ2n) is 3.63. The Hall–Kier alpha value is -0.930. The maximum atomic E-state index is 9.35. The number of aliphatic hydroxyl groups is 1. The molecule has 3 nitrogen and oxygen atoms in total. The van der Waals surface area contributed by atoms with E-state index in [1.807, 2.05) is 18.2 Å². The first kappa shape index (κ1) is 10.2. The zero-order chi connectivity index (χ0) is 9.73. The molecule has 0 fully saturated rings. The van der Waals surface area contributed by atoms with E-state index in [2.05, 4.69) is 4.98 Å². The summed E-state index contributed by atoms with van der Waals surface area (Å²) in [6.45, 7) is 4.20. The zero-order valence-corrected chi connectivity index (χ0v) is 8.03. The molecule has 3 heteroatoms. The monoisotopic (exact) mass is 181 g/mol. The van der Waals surface area contributed by atoms with Crippen molar-refractivity contribution in [2.24, 2.45) is 0 Å². The first-order valence-electron chi connectivity index (χ1n) is 4.28. The van der Waals surface area contributed by atoms with Crippen LogP contribution in [0, 0.1) is 0 Å². The first-order valence-corrected chi connectivity index (χ1v) is 4.28. The Morgan fingerprint density at radius 1 is 1.46 bits per heavy atom. The van der Waals surface area contributed by atoms with Gasteiger partial charge >= 0.3 is 0 Å². The molecule has 0 aliphatic carbocycles. The Morgan fingerprint density at radius 2 is 2.23 bits per heavy atom. The number of rotatable bonds is 4. The predicted octanol–water partition coefficient (Wildman–Crippen LogP) is 1.37. The Bertz CT molecular complexity index is 241. The average molecular weight is 181 g/mol. The largest absolute Gasteiger partial charge is 0.388 e. The van der Waals surface area contributed by atoms with Crippen LogP contribution >= 0.6 is 0 Å². The van der Waals surface area contributed by atoms with Gasteiger partial charge in [-0.2, -0.15) is 0 Å². The molecule has 0 bridgehead atoms. The second-order valence-corrected chi connectivity index (χ2v) is 3.63. The highest BCUT2D eigenvalue weighted by atomic mass is 16.5. The molecule has 72 valence electrons. The third-order valence-electron chi connectivity index (χ3n) is 1.43. The molecule has 0 saturated heterocycles. The summed E-state index contributed by atoms with van der Waals surface area (Å²) in [5.41, 5.74) is 0.112. The van der Waals surface area contributed by atoms with Gasteiger partial charge in [-0.05, 0) is 26.0 Å². The van der Waals surface area contributed by atoms with Crippen LogP contribution in [0.1, 0.15) is 19.5 Å². The van der Waals surface area contributed by atoms with Crippen molar-refractivity contribution in [3.8, 4) is 0 Å². The molecule has 1 N–H and O–H groups in total. The summed E-state index contributed by atoms with van der Waals surface area (Å²) in [6, 6.07) is 5.67. The number of hydrogen-bond acceptors (Lipinski definition) is 3. The average Bonchev–Trinajstić information content (AvgIpc) is 2.04. The molecule has 0 spiro atoms. The van der Waals surface area contributed by atoms with Gasteiger partial charge in [0.2, 0.25) is 0 Å². The van der Waals surface area contributed by atoms with Crippen molar-refractivity contribution >= 4 is 0 Å². The fourth-order valence-corrected chi connectivity index (χ4v) is 0.889. The minimum absolute atomic E-state index is 0.323. The minimum Gasteiger partial charge on any atom is -0.388 e. The molecule has 1 aromatic rings. The maximum absolute atomic E-state index is 9.35. The van der Waals surface area contributed by atoms with E-state index in [1.165, 1.54) is 0 Å². The predicted molar refractivity (Wildman–Crippen MR) is 50.2 cm³/mol. The van der Waals surface area contributed by atoms with Crippen molar-refractivity contribution in [2.45, 2.75) is 26.1 Å². The fourth-order valence-electron chi connectivity index (χ4n) is 0.889. The van der Waals surface area contributed by atoms with Crippen LogP contribution in [0.25, 0.3) is 0 Å². The van der Waals surface area contributed by atoms with Gasteiger partial charge in [-0.1, -0.05) is 6.07 Å². The van der Waals surface area contributed by atoms with Crippen molar-refractivity contribution in [2.75, 3.05) is 6.61 Å². The van der Waals surface area contributed by atoms with Gasteiger partial charge in [0.25, 0.3) is 0 Å². The number of nitrogens with zero attached hydrogens (tertiary/aromatic N) is 1. The van der Waals surface area contributed by atoms with Gasteiger partial charge in [0, 0.05) is 6.20 Å². The summed E-state index contributed by atoms with van der Waals surface area (Å²) < 4.78 is 5.27. The van der Waals surface area contributed by atoms with Gasteiger partial charge < -0.3 is 9.84 Å². The highest BCUT2D eigenvalue weighted by molar-refractivity contribution is 5.01. The van der Waals surface area contributed by atoms with Gasteiger partial charge in [0.1, 0.15) is 0 Å². The quantitative estimate of drug-likeness (QED) is 0.762. The summed E-state index contributed by atoms with van der Waals surface area (Å²) in [7, 11) is 0. The molecular weight excluding hydrogens is 166 g/mol. The standard InChI is InChI=1S/C10H15NO2/c1-10(2,12)8-13-7-9-5-3-4-6-11-9/h3-6,12H,7-8H2,1-2H3. The molecule has 0 aromatic carbocycles. The van der Waals surface area contributed by atoms with Crippen molar-refractivity contribution in [1.82, 2.24) is 4.98 Å². The third kappa shape index (κ3) is 4.60. The van der Waals surface area contributed by atoms with E-state index in [0.717, 1.165) is 5.69 Å². The van der Waals surface area contributed by atoms with Gasteiger partial charge in [0.15, 0.2) is 0 Å². The molecular formula is C10H15NO2. The van der Waals surface area contributed by atoms with Gasteiger partial charge in [0.05, 0.1) is 24.5 Å². The summed E-state index contributed by atoms with van der Waals surface area (Å²) >= 11 is 0. The highest BCUT2D eigenvalue weighted by Crippen LogP contribution is 2.03. The molecule has 0 aliphatic heterocycles. The second kappa shape index (κ2) is 4.35. The van der Waals surface area contributed by atoms with Crippen molar-refractivity contribution in [3.63, 3.8) is 0 Å². The Kier molecular flexibility index (Phi) is 3.39. The Labute approximate surface area is 78.4 Å². The lowest BCUT2D eigenvalue weighted by Gasteiger charge is -2.16. The summed E-state index contributed by atoms with van der Waals surface area (Å²) in [5.74, 6) is 0.